The molecule has 0 amide bonds. The Morgan fingerprint density at radius 1 is 1.19 bits per heavy atom. The van der Waals surface area contributed by atoms with Crippen molar-refractivity contribution in [2.24, 2.45) is 5.73 Å². The number of thiazole rings is 1. The number of nitrogens with two attached hydrogens (primary N) is 1. The van der Waals surface area contributed by atoms with Crippen LogP contribution < -0.4 is 15.9 Å². The van der Waals surface area contributed by atoms with Gasteiger partial charge in [0.2, 0.25) is 0 Å². The Morgan fingerprint density at radius 3 is 2.73 bits per heavy atom. The first-order chi connectivity index (χ1) is 12.6. The normalized spacial score (nSPS) is 12.5. The van der Waals surface area contributed by atoms with Gasteiger partial charge in [0.05, 0.1) is 10.8 Å². The Balaban J connectivity index is 1.58. The van der Waals surface area contributed by atoms with Crippen molar-refractivity contribution in [1.29, 1.82) is 0 Å². The van der Waals surface area contributed by atoms with E-state index in [1.807, 2.05) is 6.07 Å². The molecule has 0 aliphatic carbocycles. The maximum atomic E-state index is 11.6. The molecule has 3 aromatic rings. The molecule has 0 unspecified atom stereocenters. The number of aromatic nitrogens is 1. The van der Waals surface area contributed by atoms with Gasteiger partial charge in [-0.3, -0.25) is 4.79 Å². The molecule has 6 nitrogen and oxygen atoms in total. The maximum Gasteiger partial charge on any atom is 0.305 e. The van der Waals surface area contributed by atoms with Crippen molar-refractivity contribution >= 4 is 21.6 Å². The summed E-state index contributed by atoms with van der Waals surface area (Å²) in [5, 5.41) is 23.5. The van der Waals surface area contributed by atoms with Crippen LogP contribution in [0.5, 0.6) is 5.75 Å². The van der Waals surface area contributed by atoms with Crippen LogP contribution in [0.15, 0.2) is 41.2 Å². The molecular formula is C19H23N3O3S. The number of nitrogens with one attached hydrogen (secondary N) is 2. The molecule has 1 heterocycles. The van der Waals surface area contributed by atoms with Crippen molar-refractivity contribution in [2.45, 2.75) is 18.9 Å². The largest absolute Gasteiger partial charge is 0.506 e. The van der Waals surface area contributed by atoms with Crippen LogP contribution in [0.1, 0.15) is 22.8 Å². The van der Waals surface area contributed by atoms with Crippen LogP contribution in [0.3, 0.4) is 0 Å². The minimum absolute atomic E-state index is 0.0135. The fourth-order valence-electron chi connectivity index (χ4n) is 2.99. The number of aliphatic hydroxyl groups excluding tert-OH is 1. The van der Waals surface area contributed by atoms with E-state index in [0.717, 1.165) is 30.7 Å². The van der Waals surface area contributed by atoms with Gasteiger partial charge in [0.15, 0.2) is 0 Å². The Bertz CT molecular complexity index is 935. The minimum atomic E-state index is -0.756. The Hall–Kier alpha value is -2.19. The van der Waals surface area contributed by atoms with E-state index >= 15 is 0 Å². The van der Waals surface area contributed by atoms with Gasteiger partial charge in [0.25, 0.3) is 0 Å². The van der Waals surface area contributed by atoms with Crippen LogP contribution in [0.2, 0.25) is 0 Å². The van der Waals surface area contributed by atoms with Crippen LogP contribution in [0.25, 0.3) is 10.2 Å². The molecule has 0 aliphatic heterocycles. The van der Waals surface area contributed by atoms with Gasteiger partial charge in [0.1, 0.15) is 11.3 Å². The third-order valence-corrected chi connectivity index (χ3v) is 5.23. The summed E-state index contributed by atoms with van der Waals surface area (Å²) in [5.74, 6) is 0.0135. The monoisotopic (exact) mass is 373 g/mol. The number of rotatable bonds is 8. The van der Waals surface area contributed by atoms with E-state index in [-0.39, 0.29) is 10.6 Å². The van der Waals surface area contributed by atoms with Gasteiger partial charge >= 0.3 is 4.87 Å². The third kappa shape index (κ3) is 4.31. The topological polar surface area (TPSA) is 111 Å². The smallest absolute Gasteiger partial charge is 0.305 e. The fraction of sp³-hybridized carbons (Fsp3) is 0.316. The second-order valence-corrected chi connectivity index (χ2v) is 7.20. The summed E-state index contributed by atoms with van der Waals surface area (Å²) < 4.78 is 0.596. The van der Waals surface area contributed by atoms with E-state index in [4.69, 9.17) is 5.73 Å². The van der Waals surface area contributed by atoms with Crippen molar-refractivity contribution in [3.05, 3.63) is 62.8 Å². The van der Waals surface area contributed by atoms with Gasteiger partial charge in [-0.05, 0) is 43.1 Å². The van der Waals surface area contributed by atoms with Crippen molar-refractivity contribution < 1.29 is 10.2 Å². The van der Waals surface area contributed by atoms with Crippen molar-refractivity contribution in [3.63, 3.8) is 0 Å². The Morgan fingerprint density at radius 2 is 1.96 bits per heavy atom. The lowest BCUT2D eigenvalue weighted by molar-refractivity contribution is 0.176. The highest BCUT2D eigenvalue weighted by atomic mass is 32.1. The van der Waals surface area contributed by atoms with Crippen LogP contribution in [-0.4, -0.2) is 34.8 Å². The zero-order valence-electron chi connectivity index (χ0n) is 14.4. The average molecular weight is 373 g/mol. The number of aromatic amines is 1. The SMILES string of the molecule is NCCc1cccc(CCNC[C@H](O)c2ccc(O)c3[nH]c(=O)sc23)c1. The molecule has 0 bridgehead atoms. The van der Waals surface area contributed by atoms with E-state index in [0.29, 0.717) is 28.9 Å². The number of benzene rings is 2. The standard InChI is InChI=1S/C19H23N3O3S/c20-8-6-12-2-1-3-13(10-12)7-9-21-11-16(24)14-4-5-15(23)17-18(14)26-19(25)22-17/h1-5,10,16,21,23-24H,6-9,11,20H2,(H,22,25)/t16-/m0/s1. The molecule has 0 saturated carbocycles. The Kier molecular flexibility index (Phi) is 6.05. The van der Waals surface area contributed by atoms with Crippen molar-refractivity contribution in [3.8, 4) is 5.75 Å². The van der Waals surface area contributed by atoms with Crippen molar-refractivity contribution in [1.82, 2.24) is 10.3 Å². The second-order valence-electron chi connectivity index (χ2n) is 6.22. The van der Waals surface area contributed by atoms with Gasteiger partial charge in [0, 0.05) is 12.1 Å². The molecule has 0 aliphatic rings. The summed E-state index contributed by atoms with van der Waals surface area (Å²) in [6, 6.07) is 11.5. The highest BCUT2D eigenvalue weighted by Crippen LogP contribution is 2.31. The van der Waals surface area contributed by atoms with E-state index in [9.17, 15) is 15.0 Å². The van der Waals surface area contributed by atoms with Crippen LogP contribution in [-0.2, 0) is 12.8 Å². The van der Waals surface area contributed by atoms with Crippen LogP contribution >= 0.6 is 11.3 Å². The summed E-state index contributed by atoms with van der Waals surface area (Å²) in [7, 11) is 0. The zero-order chi connectivity index (χ0) is 18.5. The number of phenols is 1. The van der Waals surface area contributed by atoms with Gasteiger partial charge in [-0.2, -0.15) is 0 Å². The molecule has 0 radical (unpaired) electrons. The number of phenolic OH excluding ortho intramolecular Hbond substituents is 1. The number of aromatic hydroxyl groups is 1. The molecule has 0 saturated heterocycles. The molecule has 138 valence electrons. The molecule has 1 aromatic heterocycles. The van der Waals surface area contributed by atoms with Gasteiger partial charge in [-0.15, -0.1) is 0 Å². The minimum Gasteiger partial charge on any atom is -0.506 e. The lowest BCUT2D eigenvalue weighted by Crippen LogP contribution is -2.23. The number of hydrogen-bond acceptors (Lipinski definition) is 6. The quantitative estimate of drug-likeness (QED) is 0.386. The van der Waals surface area contributed by atoms with E-state index in [1.165, 1.54) is 17.2 Å². The first-order valence-corrected chi connectivity index (χ1v) is 9.41. The summed E-state index contributed by atoms with van der Waals surface area (Å²) in [6.45, 7) is 1.74. The highest BCUT2D eigenvalue weighted by molar-refractivity contribution is 7.16. The molecule has 26 heavy (non-hydrogen) atoms. The van der Waals surface area contributed by atoms with Gasteiger partial charge in [-0.1, -0.05) is 41.7 Å². The lowest BCUT2D eigenvalue weighted by Gasteiger charge is -2.13. The van der Waals surface area contributed by atoms with Gasteiger partial charge < -0.3 is 26.2 Å². The second kappa shape index (κ2) is 8.46. The number of fused-ring (bicyclic) bond motifs is 1. The molecular weight excluding hydrogens is 350 g/mol. The van der Waals surface area contributed by atoms with Crippen LogP contribution in [0.4, 0.5) is 0 Å². The molecule has 0 spiro atoms. The predicted octanol–water partition coefficient (Wildman–Crippen LogP) is 1.66. The zero-order valence-corrected chi connectivity index (χ0v) is 15.2. The third-order valence-electron chi connectivity index (χ3n) is 4.30. The number of H-pyrrole nitrogens is 1. The van der Waals surface area contributed by atoms with Crippen LogP contribution in [0, 0.1) is 0 Å². The molecule has 2 aromatic carbocycles. The molecule has 6 N–H and O–H groups in total. The lowest BCUT2D eigenvalue weighted by atomic mass is 10.1. The summed E-state index contributed by atoms with van der Waals surface area (Å²) in [5.41, 5.74) is 9.08. The molecule has 0 fully saturated rings. The first-order valence-electron chi connectivity index (χ1n) is 8.60. The van der Waals surface area contributed by atoms with E-state index < -0.39 is 6.10 Å². The predicted molar refractivity (Wildman–Crippen MR) is 105 cm³/mol. The van der Waals surface area contributed by atoms with Gasteiger partial charge in [-0.25, -0.2) is 0 Å². The summed E-state index contributed by atoms with van der Waals surface area (Å²) >= 11 is 0.994. The number of aliphatic hydroxyl groups is 1. The Labute approximate surface area is 155 Å². The fourth-order valence-corrected chi connectivity index (χ4v) is 3.91. The maximum absolute atomic E-state index is 11.6. The molecule has 7 heteroatoms. The molecule has 1 atom stereocenters. The molecule has 3 rings (SSSR count). The summed E-state index contributed by atoms with van der Waals surface area (Å²) in [6.07, 6.45) is 0.970. The van der Waals surface area contributed by atoms with E-state index in [1.54, 1.807) is 6.07 Å². The average Bonchev–Trinajstić information content (AvgIpc) is 3.02. The highest BCUT2D eigenvalue weighted by Gasteiger charge is 2.15. The number of hydrogen-bond donors (Lipinski definition) is 5. The van der Waals surface area contributed by atoms with E-state index in [2.05, 4.69) is 28.5 Å². The van der Waals surface area contributed by atoms with Crippen molar-refractivity contribution in [2.75, 3.05) is 19.6 Å². The first kappa shape index (κ1) is 18.6. The summed E-state index contributed by atoms with van der Waals surface area (Å²) in [4.78, 5) is 13.9.